The van der Waals surface area contributed by atoms with Crippen molar-refractivity contribution in [2.24, 2.45) is 5.92 Å². The zero-order valence-electron chi connectivity index (χ0n) is 16.1. The minimum atomic E-state index is -4.38. The minimum absolute atomic E-state index is 0.191. The Morgan fingerprint density at radius 3 is 2.59 bits per heavy atom. The highest BCUT2D eigenvalue weighted by atomic mass is 35.5. The Morgan fingerprint density at radius 1 is 1.31 bits per heavy atom. The highest BCUT2D eigenvalue weighted by molar-refractivity contribution is 6.32. The maximum absolute atomic E-state index is 11.8. The fourth-order valence-corrected chi connectivity index (χ4v) is 3.63. The summed E-state index contributed by atoms with van der Waals surface area (Å²) in [6.45, 7) is 3.23. The number of hydrogen-bond acceptors (Lipinski definition) is 4. The van der Waals surface area contributed by atoms with Crippen LogP contribution in [0.5, 0.6) is 11.5 Å². The number of alkyl halides is 3. The Labute approximate surface area is 171 Å². The molecule has 1 aliphatic rings. The standard InChI is InChI=1S/C14H20ClNO2.C6H4F3NO/c1-3-4-9-5-13(16-8-9)11-6-10(17)7-12(15)14(11)18-2;7-6(8,9)4-1-2-5(11)10-3-4/h6-7,9,13,16-17H,3-5,8H2,1-2H3;1-3H,(H,10,11). The number of hydrogen-bond donors (Lipinski definition) is 3. The van der Waals surface area contributed by atoms with Crippen molar-refractivity contribution in [3.63, 3.8) is 0 Å². The predicted molar refractivity (Wildman–Crippen MR) is 105 cm³/mol. The number of aromatic amines is 1. The zero-order valence-corrected chi connectivity index (χ0v) is 16.9. The summed E-state index contributed by atoms with van der Waals surface area (Å²) in [4.78, 5) is 12.3. The molecule has 3 N–H and O–H groups in total. The number of pyridine rings is 1. The molecule has 2 aromatic rings. The van der Waals surface area contributed by atoms with E-state index in [1.807, 2.05) is 4.98 Å². The lowest BCUT2D eigenvalue weighted by atomic mass is 9.96. The third-order valence-electron chi connectivity index (χ3n) is 4.67. The summed E-state index contributed by atoms with van der Waals surface area (Å²) in [6.07, 6.45) is -0.230. The largest absolute Gasteiger partial charge is 0.508 e. The highest BCUT2D eigenvalue weighted by Gasteiger charge is 2.30. The number of rotatable bonds is 4. The van der Waals surface area contributed by atoms with E-state index in [-0.39, 0.29) is 11.8 Å². The third kappa shape index (κ3) is 6.40. The fraction of sp³-hybridized carbons (Fsp3) is 0.450. The lowest BCUT2D eigenvalue weighted by Gasteiger charge is -2.17. The van der Waals surface area contributed by atoms with Gasteiger partial charge in [0.15, 0.2) is 0 Å². The molecule has 0 aliphatic carbocycles. The molecule has 0 saturated carbocycles. The van der Waals surface area contributed by atoms with Crippen LogP contribution in [0.2, 0.25) is 5.02 Å². The first kappa shape index (κ1) is 23.1. The first-order valence-corrected chi connectivity index (χ1v) is 9.59. The smallest absolute Gasteiger partial charge is 0.417 e. The molecule has 0 amide bonds. The molecule has 3 rings (SSSR count). The van der Waals surface area contributed by atoms with Crippen molar-refractivity contribution in [1.29, 1.82) is 0 Å². The molecule has 160 valence electrons. The third-order valence-corrected chi connectivity index (χ3v) is 4.95. The number of phenols is 1. The first-order chi connectivity index (χ1) is 13.7. The molecule has 1 aromatic heterocycles. The second-order valence-electron chi connectivity index (χ2n) is 6.84. The molecule has 29 heavy (non-hydrogen) atoms. The van der Waals surface area contributed by atoms with Crippen molar-refractivity contribution in [3.8, 4) is 11.5 Å². The van der Waals surface area contributed by atoms with Crippen LogP contribution in [0.1, 0.15) is 43.4 Å². The van der Waals surface area contributed by atoms with Crippen LogP contribution in [0.3, 0.4) is 0 Å². The molecule has 5 nitrogen and oxygen atoms in total. The second-order valence-corrected chi connectivity index (χ2v) is 7.25. The van der Waals surface area contributed by atoms with Crippen molar-refractivity contribution >= 4 is 11.6 Å². The van der Waals surface area contributed by atoms with Gasteiger partial charge in [-0.1, -0.05) is 24.9 Å². The Morgan fingerprint density at radius 2 is 2.03 bits per heavy atom. The molecule has 0 spiro atoms. The van der Waals surface area contributed by atoms with Gasteiger partial charge in [0.05, 0.1) is 17.7 Å². The molecule has 2 heterocycles. The van der Waals surface area contributed by atoms with E-state index in [0.717, 1.165) is 30.7 Å². The monoisotopic (exact) mass is 432 g/mol. The zero-order chi connectivity index (χ0) is 21.6. The van der Waals surface area contributed by atoms with E-state index in [2.05, 4.69) is 12.2 Å². The van der Waals surface area contributed by atoms with Gasteiger partial charge in [-0.3, -0.25) is 4.79 Å². The van der Waals surface area contributed by atoms with Gasteiger partial charge in [0.25, 0.3) is 0 Å². The van der Waals surface area contributed by atoms with Crippen LogP contribution in [0, 0.1) is 5.92 Å². The van der Waals surface area contributed by atoms with Crippen molar-refractivity contribution in [3.05, 3.63) is 57.0 Å². The summed E-state index contributed by atoms with van der Waals surface area (Å²) in [5, 5.41) is 13.6. The van der Waals surface area contributed by atoms with Crippen LogP contribution in [0.15, 0.2) is 35.3 Å². The van der Waals surface area contributed by atoms with Gasteiger partial charge in [0.2, 0.25) is 5.56 Å². The Hall–Kier alpha value is -2.19. The van der Waals surface area contributed by atoms with Crippen molar-refractivity contribution < 1.29 is 23.0 Å². The van der Waals surface area contributed by atoms with Crippen LogP contribution < -0.4 is 15.6 Å². The summed E-state index contributed by atoms with van der Waals surface area (Å²) in [5.41, 5.74) is -0.434. The van der Waals surface area contributed by atoms with Crippen LogP contribution in [0.4, 0.5) is 13.2 Å². The van der Waals surface area contributed by atoms with Crippen molar-refractivity contribution in [2.75, 3.05) is 13.7 Å². The number of aromatic nitrogens is 1. The summed E-state index contributed by atoms with van der Waals surface area (Å²) < 4.78 is 40.7. The van der Waals surface area contributed by atoms with Gasteiger partial charge in [-0.2, -0.15) is 13.2 Å². The van der Waals surface area contributed by atoms with Crippen LogP contribution in [-0.4, -0.2) is 23.7 Å². The van der Waals surface area contributed by atoms with E-state index in [1.54, 1.807) is 13.2 Å². The summed E-state index contributed by atoms with van der Waals surface area (Å²) in [6, 6.07) is 5.06. The van der Waals surface area contributed by atoms with E-state index in [4.69, 9.17) is 16.3 Å². The van der Waals surface area contributed by atoms with E-state index in [1.165, 1.54) is 18.9 Å². The van der Waals surface area contributed by atoms with Gasteiger partial charge in [-0.05, 0) is 37.4 Å². The number of phenolic OH excluding ortho intramolecular Hbond substituents is 1. The highest BCUT2D eigenvalue weighted by Crippen LogP contribution is 2.40. The average Bonchev–Trinajstić information content (AvgIpc) is 3.10. The molecular weight excluding hydrogens is 409 g/mol. The van der Waals surface area contributed by atoms with Crippen molar-refractivity contribution in [2.45, 2.75) is 38.4 Å². The van der Waals surface area contributed by atoms with E-state index < -0.39 is 17.3 Å². The lowest BCUT2D eigenvalue weighted by Crippen LogP contribution is -2.14. The summed E-state index contributed by atoms with van der Waals surface area (Å²) in [7, 11) is 1.61. The minimum Gasteiger partial charge on any atom is -0.508 e. The quantitative estimate of drug-likeness (QED) is 0.642. The fourth-order valence-electron chi connectivity index (χ4n) is 3.33. The Balaban J connectivity index is 0.000000234. The van der Waals surface area contributed by atoms with Crippen LogP contribution in [0.25, 0.3) is 0 Å². The number of H-pyrrole nitrogens is 1. The predicted octanol–water partition coefficient (Wildman–Crippen LogP) is 4.90. The van der Waals surface area contributed by atoms with Gasteiger partial charge in [0, 0.05) is 29.9 Å². The molecule has 2 atom stereocenters. The van der Waals surface area contributed by atoms with E-state index >= 15 is 0 Å². The number of benzene rings is 1. The topological polar surface area (TPSA) is 74.3 Å². The average molecular weight is 433 g/mol. The van der Waals surface area contributed by atoms with Gasteiger partial charge >= 0.3 is 6.18 Å². The number of methoxy groups -OCH3 is 1. The molecule has 1 aliphatic heterocycles. The molecule has 0 bridgehead atoms. The van der Waals surface area contributed by atoms with Crippen LogP contribution >= 0.6 is 11.6 Å². The van der Waals surface area contributed by atoms with Crippen molar-refractivity contribution in [1.82, 2.24) is 10.3 Å². The second kappa shape index (κ2) is 10.0. The van der Waals surface area contributed by atoms with E-state index in [9.17, 15) is 23.1 Å². The van der Waals surface area contributed by atoms with Crippen LogP contribution in [-0.2, 0) is 6.18 Å². The van der Waals surface area contributed by atoms with Gasteiger partial charge < -0.3 is 20.1 Å². The van der Waals surface area contributed by atoms with Gasteiger partial charge in [-0.15, -0.1) is 0 Å². The maximum Gasteiger partial charge on any atom is 0.417 e. The van der Waals surface area contributed by atoms with Gasteiger partial charge in [-0.25, -0.2) is 0 Å². The number of aromatic hydroxyl groups is 1. The number of halogens is 4. The number of nitrogens with one attached hydrogen (secondary N) is 2. The molecule has 1 fully saturated rings. The normalized spacial score (nSPS) is 18.8. The first-order valence-electron chi connectivity index (χ1n) is 9.21. The molecule has 1 saturated heterocycles. The molecule has 0 radical (unpaired) electrons. The SMILES string of the molecule is CCCC1CNC(c2cc(O)cc(Cl)c2OC)C1.O=c1ccc(C(F)(F)F)c[nH]1. The Bertz CT molecular complexity index is 851. The summed E-state index contributed by atoms with van der Waals surface area (Å²) in [5.74, 6) is 1.56. The molecule has 9 heteroatoms. The molecular formula is C20H24ClF3N2O3. The van der Waals surface area contributed by atoms with Gasteiger partial charge in [0.1, 0.15) is 11.5 Å². The molecule has 1 aromatic carbocycles. The lowest BCUT2D eigenvalue weighted by molar-refractivity contribution is -0.137. The maximum atomic E-state index is 11.8. The molecule has 2 unspecified atom stereocenters. The summed E-state index contributed by atoms with van der Waals surface area (Å²) >= 11 is 6.10. The number of ether oxygens (including phenoxy) is 1. The van der Waals surface area contributed by atoms with E-state index in [0.29, 0.717) is 22.9 Å². The Kier molecular flexibility index (Phi) is 7.98.